The average Bonchev–Trinajstić information content (AvgIpc) is 3.47. The number of nitrogens with one attached hydrogen (secondary N) is 1. The van der Waals surface area contributed by atoms with Crippen LogP contribution in [0.25, 0.3) is 0 Å². The predicted octanol–water partition coefficient (Wildman–Crippen LogP) is 5.58. The van der Waals surface area contributed by atoms with Crippen molar-refractivity contribution in [3.63, 3.8) is 0 Å². The van der Waals surface area contributed by atoms with Gasteiger partial charge in [0.25, 0.3) is 11.8 Å². The molecule has 2 aliphatic rings. The molecule has 11 nitrogen and oxygen atoms in total. The summed E-state index contributed by atoms with van der Waals surface area (Å²) >= 11 is 8.55. The summed E-state index contributed by atoms with van der Waals surface area (Å²) in [6, 6.07) is 26.3. The second-order valence-electron chi connectivity index (χ2n) is 10.2. The Bertz CT molecular complexity index is 1800. The fourth-order valence-corrected chi connectivity index (χ4v) is 7.40. The molecular weight excluding hydrogens is 664 g/mol. The predicted molar refractivity (Wildman–Crippen MR) is 177 cm³/mol. The summed E-state index contributed by atoms with van der Waals surface area (Å²) in [5, 5.41) is 1.71. The van der Waals surface area contributed by atoms with Crippen LogP contribution in [0, 0.1) is 0 Å². The van der Waals surface area contributed by atoms with E-state index in [9.17, 15) is 24.0 Å². The Kier molecular flexibility index (Phi) is 9.66. The van der Waals surface area contributed by atoms with Crippen LogP contribution < -0.4 is 10.2 Å². The van der Waals surface area contributed by atoms with Crippen LogP contribution in [-0.4, -0.2) is 57.2 Å². The van der Waals surface area contributed by atoms with E-state index in [0.717, 1.165) is 32.9 Å². The highest BCUT2D eigenvalue weighted by Gasteiger charge is 2.57. The highest BCUT2D eigenvalue weighted by Crippen LogP contribution is 2.44. The van der Waals surface area contributed by atoms with Gasteiger partial charge in [0.2, 0.25) is 6.29 Å². The topological polar surface area (TPSA) is 135 Å². The van der Waals surface area contributed by atoms with Gasteiger partial charge in [-0.25, -0.2) is 14.6 Å². The van der Waals surface area contributed by atoms with E-state index in [2.05, 4.69) is 10.3 Å². The third-order valence-corrected chi connectivity index (χ3v) is 9.61. The number of fused-ring (bicyclic) bond motifs is 1. The first-order chi connectivity index (χ1) is 22.9. The molecule has 0 unspecified atom stereocenters. The van der Waals surface area contributed by atoms with Gasteiger partial charge in [-0.15, -0.1) is 11.8 Å². The monoisotopic (exact) mass is 688 g/mol. The van der Waals surface area contributed by atoms with E-state index in [0.29, 0.717) is 5.75 Å². The van der Waals surface area contributed by atoms with Gasteiger partial charge in [0.1, 0.15) is 28.1 Å². The van der Waals surface area contributed by atoms with Gasteiger partial charge >= 0.3 is 12.1 Å². The number of rotatable bonds is 10. The van der Waals surface area contributed by atoms with E-state index in [1.165, 1.54) is 16.7 Å². The van der Waals surface area contributed by atoms with Crippen molar-refractivity contribution in [2.75, 3.05) is 16.0 Å². The van der Waals surface area contributed by atoms with Crippen LogP contribution in [0.1, 0.15) is 22.8 Å². The molecule has 1 saturated heterocycles. The molecule has 1 N–H and O–H groups in total. The number of thiazole rings is 1. The van der Waals surface area contributed by atoms with Gasteiger partial charge in [-0.05, 0) is 22.8 Å². The molecule has 0 bridgehead atoms. The van der Waals surface area contributed by atoms with Crippen molar-refractivity contribution in [1.29, 1.82) is 0 Å². The van der Waals surface area contributed by atoms with Crippen molar-refractivity contribution >= 4 is 75.8 Å². The van der Waals surface area contributed by atoms with E-state index in [1.54, 1.807) is 18.2 Å². The van der Waals surface area contributed by atoms with Crippen LogP contribution in [-0.2, 0) is 35.3 Å². The van der Waals surface area contributed by atoms with Gasteiger partial charge in [-0.3, -0.25) is 29.5 Å². The molecule has 0 aliphatic carbocycles. The Morgan fingerprint density at radius 2 is 1.62 bits per heavy atom. The molecule has 6 rings (SSSR count). The molecule has 238 valence electrons. The fourth-order valence-electron chi connectivity index (χ4n) is 5.14. The number of anilines is 2. The molecule has 1 aromatic heterocycles. The number of halogens is 1. The molecule has 4 aromatic rings. The summed E-state index contributed by atoms with van der Waals surface area (Å²) in [5.41, 5.74) is 2.29. The van der Waals surface area contributed by atoms with E-state index in [-0.39, 0.29) is 33.9 Å². The molecule has 0 spiro atoms. The lowest BCUT2D eigenvalue weighted by Gasteiger charge is -2.51. The Morgan fingerprint density at radius 1 is 1.00 bits per heavy atom. The number of aldehydes is 1. The second-order valence-corrected chi connectivity index (χ2v) is 13.0. The molecule has 2 aliphatic heterocycles. The van der Waals surface area contributed by atoms with Gasteiger partial charge in [-0.1, -0.05) is 114 Å². The van der Waals surface area contributed by atoms with E-state index in [1.807, 2.05) is 78.9 Å². The Balaban J connectivity index is 1.19. The molecule has 3 aromatic carbocycles. The number of esters is 1. The van der Waals surface area contributed by atoms with Gasteiger partial charge in [-0.2, -0.15) is 0 Å². The third kappa shape index (κ3) is 6.77. The minimum Gasteiger partial charge on any atom is -0.448 e. The standard InChI is InChI=1S/C33H25ClN4O7S2/c34-27-28(35-32(47-27)36-33(43)44-19-20-10-4-1-5-11-20)38(24(40)18-39)25-29(41)37-23(16-17-46-30(25)37)31(42)45-26(21-12-6-2-7-13-21)22-14-8-3-9-15-22/h1-16,18,25-26,30H,17,19H2,(H,35,36,43)/t25-,30+/m1/s1. The molecule has 1 fully saturated rings. The first-order valence-corrected chi connectivity index (χ1v) is 16.5. The number of carbonyl (C=O) groups excluding carboxylic acids is 5. The number of ether oxygens (including phenoxy) is 2. The van der Waals surface area contributed by atoms with Crippen LogP contribution in [0.15, 0.2) is 103 Å². The minimum atomic E-state index is -1.20. The molecule has 3 amide bonds. The fraction of sp³-hybridized carbons (Fsp3) is 0.152. The number of thioether (sulfide) groups is 1. The normalized spacial score (nSPS) is 16.8. The second kappa shape index (κ2) is 14.2. The maximum absolute atomic E-state index is 13.7. The van der Waals surface area contributed by atoms with Crippen molar-refractivity contribution in [3.8, 4) is 0 Å². The summed E-state index contributed by atoms with van der Waals surface area (Å²) in [6.07, 6.45) is 0.0918. The molecule has 14 heteroatoms. The highest BCUT2D eigenvalue weighted by atomic mass is 35.5. The number of benzene rings is 3. The lowest BCUT2D eigenvalue weighted by atomic mass is 10.0. The summed E-state index contributed by atoms with van der Waals surface area (Å²) in [5.74, 6) is -2.28. The number of hydrogen-bond donors (Lipinski definition) is 1. The van der Waals surface area contributed by atoms with E-state index in [4.69, 9.17) is 21.1 Å². The summed E-state index contributed by atoms with van der Waals surface area (Å²) in [7, 11) is 0. The maximum atomic E-state index is 13.7. The SMILES string of the molecule is O=CC(=O)N(c1nc(NC(=O)OCc2ccccc2)sc1Cl)[C@@H]1C(=O)N2C(C(=O)OC(c3ccccc3)c3ccccc3)=CCS[C@@H]12. The summed E-state index contributed by atoms with van der Waals surface area (Å²) < 4.78 is 11.2. The van der Waals surface area contributed by atoms with Crippen LogP contribution in [0.3, 0.4) is 0 Å². The smallest absolute Gasteiger partial charge is 0.413 e. The highest BCUT2D eigenvalue weighted by molar-refractivity contribution is 8.00. The van der Waals surface area contributed by atoms with Crippen molar-refractivity contribution < 1.29 is 33.4 Å². The number of aromatic nitrogens is 1. The zero-order valence-corrected chi connectivity index (χ0v) is 26.7. The first-order valence-electron chi connectivity index (χ1n) is 14.2. The zero-order chi connectivity index (χ0) is 32.9. The number of β-lactam (4-membered cyclic amide) rings is 1. The lowest BCUT2D eigenvalue weighted by Crippen LogP contribution is -2.71. The van der Waals surface area contributed by atoms with E-state index < -0.39 is 41.4 Å². The Labute approximate surface area is 282 Å². The molecule has 0 saturated carbocycles. The van der Waals surface area contributed by atoms with Gasteiger partial charge in [0.15, 0.2) is 17.1 Å². The van der Waals surface area contributed by atoms with Gasteiger partial charge in [0, 0.05) is 5.75 Å². The number of carbonyl (C=O) groups is 5. The van der Waals surface area contributed by atoms with Crippen molar-refractivity contribution in [2.45, 2.75) is 24.1 Å². The first kappa shape index (κ1) is 32.0. The largest absolute Gasteiger partial charge is 0.448 e. The van der Waals surface area contributed by atoms with Crippen LogP contribution in [0.2, 0.25) is 4.34 Å². The number of nitrogens with zero attached hydrogens (tertiary/aromatic N) is 3. The quantitative estimate of drug-likeness (QED) is 0.0981. The molecular formula is C33H25ClN4O7S2. The van der Waals surface area contributed by atoms with Crippen LogP contribution in [0.4, 0.5) is 15.7 Å². The maximum Gasteiger partial charge on any atom is 0.413 e. The number of hydrogen-bond acceptors (Lipinski definition) is 10. The summed E-state index contributed by atoms with van der Waals surface area (Å²) in [6.45, 7) is 0.00936. The molecule has 47 heavy (non-hydrogen) atoms. The Morgan fingerprint density at radius 3 is 2.23 bits per heavy atom. The van der Waals surface area contributed by atoms with Crippen LogP contribution >= 0.6 is 34.7 Å². The van der Waals surface area contributed by atoms with Gasteiger partial charge in [0.05, 0.1) is 0 Å². The molecule has 0 radical (unpaired) electrons. The van der Waals surface area contributed by atoms with Crippen LogP contribution in [0.5, 0.6) is 0 Å². The lowest BCUT2D eigenvalue weighted by molar-refractivity contribution is -0.153. The molecule has 3 heterocycles. The third-order valence-electron chi connectivity index (χ3n) is 7.29. The zero-order valence-electron chi connectivity index (χ0n) is 24.4. The van der Waals surface area contributed by atoms with E-state index >= 15 is 0 Å². The van der Waals surface area contributed by atoms with Crippen molar-refractivity contribution in [1.82, 2.24) is 9.88 Å². The van der Waals surface area contributed by atoms with Crippen molar-refractivity contribution in [3.05, 3.63) is 124 Å². The van der Waals surface area contributed by atoms with Gasteiger partial charge < -0.3 is 9.47 Å². The summed E-state index contributed by atoms with van der Waals surface area (Å²) in [4.78, 5) is 70.8. The minimum absolute atomic E-state index is 0.00936. The number of amides is 3. The molecule has 2 atom stereocenters. The average molecular weight is 689 g/mol. The Hall–Kier alpha value is -4.98. The van der Waals surface area contributed by atoms with Crippen molar-refractivity contribution in [2.24, 2.45) is 0 Å².